The molecule has 1 aliphatic rings. The average molecular weight is 346 g/mol. The number of hydrogen-bond acceptors (Lipinski definition) is 7. The number of aromatic nitrogens is 2. The molecule has 0 bridgehead atoms. The Kier molecular flexibility index (Phi) is 6.72. The Balaban J connectivity index is 1.96. The molecule has 0 spiro atoms. The second-order valence-electron chi connectivity index (χ2n) is 4.98. The zero-order chi connectivity index (χ0) is 15.9. The predicted octanol–water partition coefficient (Wildman–Crippen LogP) is 2.15. The summed E-state index contributed by atoms with van der Waals surface area (Å²) in [5.41, 5.74) is 0.864. The zero-order valence-corrected chi connectivity index (χ0v) is 14.3. The average Bonchev–Trinajstić information content (AvgIpc) is 2.51. The summed E-state index contributed by atoms with van der Waals surface area (Å²) in [4.78, 5) is 21.8. The Morgan fingerprint density at radius 3 is 3.14 bits per heavy atom. The molecule has 22 heavy (non-hydrogen) atoms. The third kappa shape index (κ3) is 5.00. The topological polar surface area (TPSA) is 64.5 Å². The van der Waals surface area contributed by atoms with Gasteiger partial charge in [-0.25, -0.2) is 9.97 Å². The molecule has 1 aliphatic heterocycles. The maximum absolute atomic E-state index is 11.1. The largest absolute Gasteiger partial charge is 0.469 e. The van der Waals surface area contributed by atoms with E-state index < -0.39 is 0 Å². The van der Waals surface area contributed by atoms with E-state index >= 15 is 0 Å². The second-order valence-corrected chi connectivity index (χ2v) is 6.43. The summed E-state index contributed by atoms with van der Waals surface area (Å²) in [6, 6.07) is 2.22. The molecule has 1 aromatic heterocycles. The van der Waals surface area contributed by atoms with Crippen molar-refractivity contribution < 1.29 is 14.3 Å². The van der Waals surface area contributed by atoms with E-state index in [-0.39, 0.29) is 17.3 Å². The van der Waals surface area contributed by atoms with Crippen molar-refractivity contribution in [3.63, 3.8) is 0 Å². The predicted molar refractivity (Wildman–Crippen MR) is 87.5 cm³/mol. The van der Waals surface area contributed by atoms with E-state index in [2.05, 4.69) is 26.5 Å². The summed E-state index contributed by atoms with van der Waals surface area (Å²) < 4.78 is 10.1. The van der Waals surface area contributed by atoms with Crippen molar-refractivity contribution in [1.82, 2.24) is 9.97 Å². The summed E-state index contributed by atoms with van der Waals surface area (Å²) in [6.07, 6.45) is 0.396. The van der Waals surface area contributed by atoms with Crippen molar-refractivity contribution >= 4 is 35.1 Å². The molecule has 8 heteroatoms. The fraction of sp³-hybridized carbons (Fsp3) is 0.643. The number of halogens is 1. The van der Waals surface area contributed by atoms with Gasteiger partial charge in [0, 0.05) is 24.1 Å². The molecule has 0 radical (unpaired) electrons. The maximum Gasteiger partial charge on any atom is 0.306 e. The van der Waals surface area contributed by atoms with Crippen LogP contribution in [0.3, 0.4) is 0 Å². The van der Waals surface area contributed by atoms with Crippen LogP contribution < -0.4 is 4.90 Å². The van der Waals surface area contributed by atoms with Crippen LogP contribution in [0.15, 0.2) is 6.07 Å². The van der Waals surface area contributed by atoms with Gasteiger partial charge in [0.15, 0.2) is 0 Å². The van der Waals surface area contributed by atoms with Crippen molar-refractivity contribution in [3.05, 3.63) is 17.0 Å². The van der Waals surface area contributed by atoms with Crippen molar-refractivity contribution in [2.24, 2.45) is 0 Å². The van der Waals surface area contributed by atoms with Gasteiger partial charge >= 0.3 is 5.97 Å². The van der Waals surface area contributed by atoms with E-state index in [0.29, 0.717) is 31.1 Å². The van der Waals surface area contributed by atoms with Crippen LogP contribution >= 0.6 is 23.4 Å². The lowest BCUT2D eigenvalue weighted by Gasteiger charge is -2.34. The van der Waals surface area contributed by atoms with Crippen LogP contribution in [0.25, 0.3) is 0 Å². The number of thioether (sulfide) groups is 1. The molecule has 0 saturated carbocycles. The summed E-state index contributed by atoms with van der Waals surface area (Å²) in [7, 11) is 1.40. The van der Waals surface area contributed by atoms with Crippen molar-refractivity contribution in [3.8, 4) is 0 Å². The Morgan fingerprint density at radius 2 is 2.41 bits per heavy atom. The number of hydrogen-bond donors (Lipinski definition) is 0. The van der Waals surface area contributed by atoms with E-state index in [4.69, 9.17) is 16.3 Å². The molecule has 1 atom stereocenters. The molecule has 0 unspecified atom stereocenters. The van der Waals surface area contributed by atoms with Crippen LogP contribution in [0.2, 0.25) is 5.28 Å². The fourth-order valence-electron chi connectivity index (χ4n) is 2.17. The molecule has 0 aliphatic carbocycles. The molecule has 0 N–H and O–H groups in total. The van der Waals surface area contributed by atoms with E-state index in [0.717, 1.165) is 18.1 Å². The molecule has 0 amide bonds. The number of nitrogens with zero attached hydrogens (tertiary/aromatic N) is 3. The number of esters is 1. The minimum atomic E-state index is -0.198. The lowest BCUT2D eigenvalue weighted by atomic mass is 10.2. The van der Waals surface area contributed by atoms with E-state index in [1.807, 2.05) is 6.07 Å². The third-order valence-electron chi connectivity index (χ3n) is 3.33. The maximum atomic E-state index is 11.1. The summed E-state index contributed by atoms with van der Waals surface area (Å²) in [6.45, 7) is 4.27. The van der Waals surface area contributed by atoms with Gasteiger partial charge in [-0.1, -0.05) is 0 Å². The van der Waals surface area contributed by atoms with E-state index in [1.54, 1.807) is 11.8 Å². The van der Waals surface area contributed by atoms with Gasteiger partial charge in [-0.2, -0.15) is 11.8 Å². The second kappa shape index (κ2) is 8.55. The Labute approximate surface area is 139 Å². The highest BCUT2D eigenvalue weighted by molar-refractivity contribution is 7.98. The van der Waals surface area contributed by atoms with E-state index in [9.17, 15) is 4.79 Å². The highest BCUT2D eigenvalue weighted by atomic mass is 35.5. The number of rotatable bonds is 6. The van der Waals surface area contributed by atoms with Crippen LogP contribution in [0.1, 0.15) is 19.0 Å². The van der Waals surface area contributed by atoms with E-state index in [1.165, 1.54) is 7.11 Å². The number of morpholine rings is 1. The first-order chi connectivity index (χ1) is 10.6. The molecule has 1 fully saturated rings. The quantitative estimate of drug-likeness (QED) is 0.444. The Hall–Kier alpha value is -1.05. The smallest absolute Gasteiger partial charge is 0.306 e. The van der Waals surface area contributed by atoms with Crippen molar-refractivity contribution in [1.29, 1.82) is 0 Å². The van der Waals surface area contributed by atoms with Gasteiger partial charge in [-0.05, 0) is 18.5 Å². The number of methoxy groups -OCH3 is 1. The Morgan fingerprint density at radius 1 is 1.59 bits per heavy atom. The normalized spacial score (nSPS) is 18.3. The molecule has 1 aromatic rings. The summed E-state index contributed by atoms with van der Waals surface area (Å²) in [5, 5.41) is 0.250. The Bertz CT molecular complexity index is 518. The van der Waals surface area contributed by atoms with Crippen LogP contribution in [0.5, 0.6) is 0 Å². The molecule has 0 aromatic carbocycles. The van der Waals surface area contributed by atoms with Crippen LogP contribution in [-0.2, 0) is 20.0 Å². The third-order valence-corrected chi connectivity index (χ3v) is 4.49. The van der Waals surface area contributed by atoms with Gasteiger partial charge in [0.05, 0.1) is 38.5 Å². The van der Waals surface area contributed by atoms with Crippen LogP contribution in [0.4, 0.5) is 5.82 Å². The molecule has 122 valence electrons. The van der Waals surface area contributed by atoms with Gasteiger partial charge in [0.2, 0.25) is 5.28 Å². The SMILES string of the molecule is COC(=O)CCSCc1cc(N2CCOC[C@@H]2C)nc(Cl)n1. The first-order valence-corrected chi connectivity index (χ1v) is 8.66. The number of carbonyl (C=O) groups excluding carboxylic acids is 1. The lowest BCUT2D eigenvalue weighted by Crippen LogP contribution is -2.44. The first-order valence-electron chi connectivity index (χ1n) is 7.12. The summed E-state index contributed by atoms with van der Waals surface area (Å²) >= 11 is 7.66. The monoisotopic (exact) mass is 345 g/mol. The van der Waals surface area contributed by atoms with Gasteiger partial charge in [0.25, 0.3) is 0 Å². The zero-order valence-electron chi connectivity index (χ0n) is 12.7. The minimum absolute atomic E-state index is 0.198. The number of ether oxygens (including phenoxy) is 2. The highest BCUT2D eigenvalue weighted by Gasteiger charge is 2.21. The molecule has 2 heterocycles. The standard InChI is InChI=1S/C14H20ClN3O3S/c1-10-8-21-5-4-18(10)12-7-11(16-14(15)17-12)9-22-6-3-13(19)20-2/h7,10H,3-6,8-9H2,1-2H3/t10-/m0/s1. The van der Waals surface area contributed by atoms with Gasteiger partial charge in [0.1, 0.15) is 5.82 Å². The first kappa shape index (κ1) is 17.3. The van der Waals surface area contributed by atoms with Crippen LogP contribution in [-0.4, -0.2) is 54.6 Å². The fourth-order valence-corrected chi connectivity index (χ4v) is 3.18. The molecule has 1 saturated heterocycles. The molecular weight excluding hydrogens is 326 g/mol. The van der Waals surface area contributed by atoms with Crippen molar-refractivity contribution in [2.45, 2.75) is 25.1 Å². The van der Waals surface area contributed by atoms with Crippen molar-refractivity contribution in [2.75, 3.05) is 37.5 Å². The van der Waals surface area contributed by atoms with Gasteiger partial charge < -0.3 is 14.4 Å². The van der Waals surface area contributed by atoms with Gasteiger partial charge in [-0.3, -0.25) is 4.79 Å². The minimum Gasteiger partial charge on any atom is -0.469 e. The molecule has 6 nitrogen and oxygen atoms in total. The molecule has 2 rings (SSSR count). The van der Waals surface area contributed by atoms with Gasteiger partial charge in [-0.15, -0.1) is 0 Å². The highest BCUT2D eigenvalue weighted by Crippen LogP contribution is 2.22. The number of anilines is 1. The molecular formula is C14H20ClN3O3S. The lowest BCUT2D eigenvalue weighted by molar-refractivity contribution is -0.140. The summed E-state index contributed by atoms with van der Waals surface area (Å²) in [5.74, 6) is 2.01. The van der Waals surface area contributed by atoms with Crippen LogP contribution in [0, 0.1) is 0 Å². The number of carbonyl (C=O) groups is 1.